The highest BCUT2D eigenvalue weighted by molar-refractivity contribution is 7.90. The van der Waals surface area contributed by atoms with Crippen LogP contribution in [0.2, 0.25) is 0 Å². The molecule has 2 heterocycles. The van der Waals surface area contributed by atoms with Crippen molar-refractivity contribution in [2.75, 3.05) is 0 Å². The van der Waals surface area contributed by atoms with Gasteiger partial charge in [0.2, 0.25) is 0 Å². The van der Waals surface area contributed by atoms with Gasteiger partial charge in [-0.3, -0.25) is 0 Å². The number of hydrogen-bond acceptors (Lipinski definition) is 6. The second-order valence-electron chi connectivity index (χ2n) is 6.95. The van der Waals surface area contributed by atoms with Gasteiger partial charge in [0, 0.05) is 5.39 Å². The lowest BCUT2D eigenvalue weighted by Gasteiger charge is -2.14. The predicted octanol–water partition coefficient (Wildman–Crippen LogP) is 4.50. The Morgan fingerprint density at radius 1 is 1.22 bits per heavy atom. The minimum absolute atomic E-state index is 0.00294. The van der Waals surface area contributed by atoms with Gasteiger partial charge in [-0.05, 0) is 49.4 Å². The van der Waals surface area contributed by atoms with Gasteiger partial charge in [-0.2, -0.15) is 13.2 Å². The lowest BCUT2D eigenvalue weighted by Crippen LogP contribution is -2.22. The zero-order valence-corrected chi connectivity index (χ0v) is 18.0. The maximum absolute atomic E-state index is 13.5. The highest BCUT2D eigenvalue weighted by Crippen LogP contribution is 2.34. The number of benzene rings is 2. The van der Waals surface area contributed by atoms with E-state index in [-0.39, 0.29) is 21.5 Å². The molecule has 1 N–H and O–H groups in total. The maximum atomic E-state index is 13.5. The summed E-state index contributed by atoms with van der Waals surface area (Å²) < 4.78 is 73.2. The van der Waals surface area contributed by atoms with Gasteiger partial charge >= 0.3 is 12.1 Å². The Balaban J connectivity index is 1.89. The van der Waals surface area contributed by atoms with E-state index in [1.807, 2.05) is 0 Å². The molecule has 0 aliphatic heterocycles. The van der Waals surface area contributed by atoms with Crippen molar-refractivity contribution in [3.05, 3.63) is 59.2 Å². The van der Waals surface area contributed by atoms with E-state index in [1.54, 1.807) is 5.51 Å². The van der Waals surface area contributed by atoms with Gasteiger partial charge in [-0.1, -0.05) is 0 Å². The molecule has 4 aromatic rings. The normalized spacial score (nSPS) is 13.6. The summed E-state index contributed by atoms with van der Waals surface area (Å²) in [5, 5.41) is 9.06. The number of hydrogen-bond donors (Lipinski definition) is 1. The molecule has 0 spiro atoms. The van der Waals surface area contributed by atoms with E-state index in [2.05, 4.69) is 4.98 Å². The molecular formula is C20H15F3N2O5S2. The molecular weight excluding hydrogens is 469 g/mol. The van der Waals surface area contributed by atoms with Crippen LogP contribution in [0, 0.1) is 0 Å². The van der Waals surface area contributed by atoms with Gasteiger partial charge in [-0.15, -0.1) is 11.3 Å². The number of alkyl halides is 3. The second-order valence-corrected chi connectivity index (χ2v) is 9.62. The predicted molar refractivity (Wildman–Crippen MR) is 111 cm³/mol. The number of aliphatic carboxylic acids is 1. The summed E-state index contributed by atoms with van der Waals surface area (Å²) >= 11 is 1.24. The number of aromatic nitrogens is 2. The van der Waals surface area contributed by atoms with Crippen LogP contribution in [0.3, 0.4) is 0 Å². The van der Waals surface area contributed by atoms with Gasteiger partial charge in [0.1, 0.15) is 0 Å². The molecule has 32 heavy (non-hydrogen) atoms. The van der Waals surface area contributed by atoms with Crippen molar-refractivity contribution in [2.24, 2.45) is 0 Å². The van der Waals surface area contributed by atoms with Crippen molar-refractivity contribution in [1.82, 2.24) is 8.96 Å². The van der Waals surface area contributed by atoms with Crippen molar-refractivity contribution >= 4 is 48.4 Å². The molecule has 0 saturated carbocycles. The third-order valence-electron chi connectivity index (χ3n) is 4.83. The second kappa shape index (κ2) is 7.87. The molecule has 168 valence electrons. The number of carboxylic acid groups (broad SMARTS) is 1. The van der Waals surface area contributed by atoms with E-state index in [9.17, 15) is 26.4 Å². The molecule has 0 aliphatic carbocycles. The Hall–Kier alpha value is -2.96. The monoisotopic (exact) mass is 484 g/mol. The number of fused-ring (bicyclic) bond motifs is 2. The average molecular weight is 484 g/mol. The molecule has 2 aromatic heterocycles. The van der Waals surface area contributed by atoms with E-state index in [0.29, 0.717) is 10.2 Å². The van der Waals surface area contributed by atoms with Crippen LogP contribution in [-0.2, 0) is 32.3 Å². The van der Waals surface area contributed by atoms with Gasteiger partial charge in [0.25, 0.3) is 10.0 Å². The van der Waals surface area contributed by atoms with Crippen LogP contribution in [0.25, 0.3) is 21.1 Å². The van der Waals surface area contributed by atoms with E-state index in [4.69, 9.17) is 9.84 Å². The Labute approximate surface area is 183 Å². The summed E-state index contributed by atoms with van der Waals surface area (Å²) in [7, 11) is -4.25. The number of thiazole rings is 1. The smallest absolute Gasteiger partial charge is 0.416 e. The molecule has 7 nitrogen and oxygen atoms in total. The molecule has 0 saturated heterocycles. The third kappa shape index (κ3) is 3.96. The Morgan fingerprint density at radius 3 is 2.66 bits per heavy atom. The van der Waals surface area contributed by atoms with E-state index in [1.165, 1.54) is 42.5 Å². The van der Waals surface area contributed by atoms with Crippen LogP contribution in [0.1, 0.15) is 18.2 Å². The van der Waals surface area contributed by atoms with Crippen LogP contribution in [0.4, 0.5) is 13.2 Å². The quantitative estimate of drug-likeness (QED) is 0.433. The van der Waals surface area contributed by atoms with E-state index >= 15 is 0 Å². The number of ether oxygens (including phenoxy) is 1. The summed E-state index contributed by atoms with van der Waals surface area (Å²) in [5.41, 5.74) is 1.26. The fourth-order valence-electron chi connectivity index (χ4n) is 3.19. The van der Waals surface area contributed by atoms with Crippen molar-refractivity contribution < 1.29 is 36.2 Å². The van der Waals surface area contributed by atoms with Crippen molar-refractivity contribution in [3.63, 3.8) is 0 Å². The van der Waals surface area contributed by atoms with Gasteiger partial charge < -0.3 is 9.84 Å². The first kappa shape index (κ1) is 22.2. The zero-order chi connectivity index (χ0) is 23.3. The Kier molecular flexibility index (Phi) is 5.47. The molecule has 1 atom stereocenters. The van der Waals surface area contributed by atoms with Gasteiger partial charge in [0.05, 0.1) is 44.0 Å². The Bertz CT molecular complexity index is 1440. The number of rotatable bonds is 6. The van der Waals surface area contributed by atoms with Crippen LogP contribution >= 0.6 is 11.3 Å². The number of nitrogens with zero attached hydrogens (tertiary/aromatic N) is 2. The topological polar surface area (TPSA) is 98.5 Å². The largest absolute Gasteiger partial charge is 0.479 e. The molecule has 0 fully saturated rings. The van der Waals surface area contributed by atoms with E-state index in [0.717, 1.165) is 22.2 Å². The third-order valence-corrected chi connectivity index (χ3v) is 7.38. The molecule has 0 amide bonds. The summed E-state index contributed by atoms with van der Waals surface area (Å²) in [4.78, 5) is 15.1. The number of halogens is 3. The summed E-state index contributed by atoms with van der Waals surface area (Å²) in [6, 6.07) is 8.30. The molecule has 12 heteroatoms. The van der Waals surface area contributed by atoms with Crippen LogP contribution < -0.4 is 0 Å². The molecule has 0 radical (unpaired) electrons. The van der Waals surface area contributed by atoms with Crippen molar-refractivity contribution in [2.45, 2.75) is 30.7 Å². The van der Waals surface area contributed by atoms with Crippen LogP contribution in [0.15, 0.2) is 52.9 Å². The fraction of sp³-hybridized carbons (Fsp3) is 0.200. The van der Waals surface area contributed by atoms with Gasteiger partial charge in [-0.25, -0.2) is 22.2 Å². The highest BCUT2D eigenvalue weighted by Gasteiger charge is 2.32. The number of carbonyl (C=O) groups is 1. The SMILES string of the molecule is CC(OCc1cc2cc(C(F)(F)F)ccc2n1S(=O)(=O)c1ccc2ncsc2c1)C(=O)O. The minimum Gasteiger partial charge on any atom is -0.479 e. The first-order chi connectivity index (χ1) is 15.0. The summed E-state index contributed by atoms with van der Waals surface area (Å²) in [6.07, 6.45) is -5.86. The maximum Gasteiger partial charge on any atom is 0.416 e. The molecule has 1 unspecified atom stereocenters. The van der Waals surface area contributed by atoms with E-state index < -0.39 is 40.4 Å². The average Bonchev–Trinajstić information content (AvgIpc) is 3.34. The van der Waals surface area contributed by atoms with Gasteiger partial charge in [0.15, 0.2) is 6.10 Å². The first-order valence-electron chi connectivity index (χ1n) is 9.13. The molecule has 2 aromatic carbocycles. The number of carboxylic acids is 1. The van der Waals surface area contributed by atoms with Crippen LogP contribution in [-0.4, -0.2) is 34.6 Å². The Morgan fingerprint density at radius 2 is 1.97 bits per heavy atom. The summed E-state index contributed by atoms with van der Waals surface area (Å²) in [6.45, 7) is 0.828. The summed E-state index contributed by atoms with van der Waals surface area (Å²) in [5.74, 6) is -1.26. The lowest BCUT2D eigenvalue weighted by molar-refractivity contribution is -0.150. The van der Waals surface area contributed by atoms with Crippen molar-refractivity contribution in [1.29, 1.82) is 0 Å². The molecule has 4 rings (SSSR count). The standard InChI is InChI=1S/C20H15F3N2O5S2/c1-11(19(26)27)30-9-14-7-12-6-13(20(21,22)23)2-5-17(12)25(14)32(28,29)15-3-4-16-18(8-15)31-10-24-16/h2-8,10-11H,9H2,1H3,(H,26,27). The minimum atomic E-state index is -4.61. The first-order valence-corrected chi connectivity index (χ1v) is 11.5. The zero-order valence-electron chi connectivity index (χ0n) is 16.3. The highest BCUT2D eigenvalue weighted by atomic mass is 32.2. The fourth-order valence-corrected chi connectivity index (χ4v) is 5.54. The lowest BCUT2D eigenvalue weighted by atomic mass is 10.1. The van der Waals surface area contributed by atoms with Crippen molar-refractivity contribution in [3.8, 4) is 0 Å². The van der Waals surface area contributed by atoms with Crippen LogP contribution in [0.5, 0.6) is 0 Å². The molecule has 0 bridgehead atoms. The molecule has 0 aliphatic rings.